The first-order valence-corrected chi connectivity index (χ1v) is 21.0. The van der Waals surface area contributed by atoms with Gasteiger partial charge in [-0.15, -0.1) is 0 Å². The van der Waals surface area contributed by atoms with Crippen molar-refractivity contribution < 1.29 is 39.6 Å². The number of alkyl halides is 3. The van der Waals surface area contributed by atoms with Gasteiger partial charge in [0.05, 0.1) is 5.69 Å². The summed E-state index contributed by atoms with van der Waals surface area (Å²) in [6, 6.07) is 5.86. The summed E-state index contributed by atoms with van der Waals surface area (Å²) in [5, 5.41) is 13.9. The quantitative estimate of drug-likeness (QED) is 0.169. The minimum atomic E-state index is -4.54. The van der Waals surface area contributed by atoms with Gasteiger partial charge in [0.25, 0.3) is 20.0 Å². The molecule has 14 nitrogen and oxygen atoms in total. The molecule has 8 rings (SSSR count). The van der Waals surface area contributed by atoms with Gasteiger partial charge in [0.15, 0.2) is 10.1 Å². The first kappa shape index (κ1) is 39.8. The lowest BCUT2D eigenvalue weighted by atomic mass is 9.99. The Kier molecular flexibility index (Phi) is 11.7. The van der Waals surface area contributed by atoms with E-state index < -0.39 is 43.8 Å². The number of carbonyl (C=O) groups excluding carboxylic acids is 2. The molecule has 0 fully saturated rings. The van der Waals surface area contributed by atoms with E-state index in [1.54, 1.807) is 12.3 Å². The number of rotatable bonds is 7. The van der Waals surface area contributed by atoms with Crippen molar-refractivity contribution in [2.24, 2.45) is 10.1 Å². The number of amides is 2. The Balaban J connectivity index is 0.000000163. The number of fused-ring (bicyclic) bond motifs is 4. The van der Waals surface area contributed by atoms with Crippen LogP contribution < -0.4 is 15.2 Å². The van der Waals surface area contributed by atoms with Crippen LogP contribution in [0.2, 0.25) is 0 Å². The number of nitrogens with two attached hydrogens (primary N) is 1. The lowest BCUT2D eigenvalue weighted by Crippen LogP contribution is -2.35. The highest BCUT2D eigenvalue weighted by atomic mass is 32.2. The number of hydrogen-bond acceptors (Lipinski definition) is 9. The second-order valence-corrected chi connectivity index (χ2v) is 16.9. The lowest BCUT2D eigenvalue weighted by Gasteiger charge is -2.16. The van der Waals surface area contributed by atoms with Crippen LogP contribution >= 0.6 is 0 Å². The molecule has 4 N–H and O–H groups in total. The van der Waals surface area contributed by atoms with Crippen molar-refractivity contribution in [2.45, 2.75) is 113 Å². The van der Waals surface area contributed by atoms with Gasteiger partial charge < -0.3 is 5.32 Å². The second kappa shape index (κ2) is 16.1. The van der Waals surface area contributed by atoms with Crippen LogP contribution in [0.4, 0.5) is 29.3 Å². The minimum Gasteiger partial charge on any atom is -0.307 e. The van der Waals surface area contributed by atoms with E-state index in [-0.39, 0.29) is 5.03 Å². The van der Waals surface area contributed by atoms with Gasteiger partial charge in [-0.1, -0.05) is 12.1 Å². The summed E-state index contributed by atoms with van der Waals surface area (Å²) >= 11 is 0. The molecule has 4 aliphatic rings. The number of hydrogen-bond donors (Lipinski definition) is 3. The predicted octanol–water partition coefficient (Wildman–Crippen LogP) is 5.11. The molecule has 0 saturated heterocycles. The number of aliphatic imine (C=N–C) groups is 1. The van der Waals surface area contributed by atoms with Crippen LogP contribution in [-0.4, -0.2) is 54.7 Å². The summed E-state index contributed by atoms with van der Waals surface area (Å²) in [6.07, 6.45) is 12.0. The van der Waals surface area contributed by atoms with E-state index in [4.69, 9.17) is 5.14 Å². The molecule has 294 valence electrons. The summed E-state index contributed by atoms with van der Waals surface area (Å²) in [4.78, 5) is 26.8. The molecule has 4 aliphatic carbocycles. The molecule has 0 atom stereocenters. The largest absolute Gasteiger partial charge is 0.408 e. The van der Waals surface area contributed by atoms with Crippen LogP contribution in [0.1, 0.15) is 77.1 Å². The third-order valence-corrected chi connectivity index (χ3v) is 12.0. The van der Waals surface area contributed by atoms with Crippen molar-refractivity contribution in [3.8, 4) is 0 Å². The lowest BCUT2D eigenvalue weighted by molar-refractivity contribution is -0.142. The zero-order valence-electron chi connectivity index (χ0n) is 30.1. The van der Waals surface area contributed by atoms with Crippen LogP contribution in [0, 0.1) is 0 Å². The molecule has 0 spiro atoms. The fourth-order valence-corrected chi connectivity index (χ4v) is 9.00. The summed E-state index contributed by atoms with van der Waals surface area (Å²) < 4.78 is 87.1. The van der Waals surface area contributed by atoms with Gasteiger partial charge in [-0.2, -0.15) is 36.8 Å². The SMILES string of the molecule is CCn1ccc(S(N)(=O)=O)n1.O=C(Nc1c2c(cc3c1CCC3)CCC2)NS(=O)(=O)c1ccn(CC(F)(F)F)n1.O=C=Nc1c2c(cc3c1CCC3)CCC2. The molecule has 2 heterocycles. The maximum absolute atomic E-state index is 12.4. The number of aromatic nitrogens is 4. The first-order chi connectivity index (χ1) is 26.1. The van der Waals surface area contributed by atoms with Gasteiger partial charge >= 0.3 is 12.2 Å². The monoisotopic (exact) mass is 802 g/mol. The van der Waals surface area contributed by atoms with Gasteiger partial charge in [0.2, 0.25) is 6.08 Å². The average Bonchev–Trinajstić information content (AvgIpc) is 3.94. The third-order valence-electron chi connectivity index (χ3n) is 10.0. The highest BCUT2D eigenvalue weighted by Gasteiger charge is 2.31. The number of isocyanates is 1. The number of anilines is 1. The van der Waals surface area contributed by atoms with E-state index in [1.165, 1.54) is 57.0 Å². The maximum atomic E-state index is 12.4. The number of benzene rings is 2. The van der Waals surface area contributed by atoms with Crippen LogP contribution in [0.25, 0.3) is 0 Å². The van der Waals surface area contributed by atoms with E-state index >= 15 is 0 Å². The van der Waals surface area contributed by atoms with Crippen molar-refractivity contribution in [2.75, 3.05) is 5.32 Å². The van der Waals surface area contributed by atoms with E-state index in [1.807, 2.05) is 11.6 Å². The van der Waals surface area contributed by atoms with Gasteiger partial charge in [-0.3, -0.25) is 9.36 Å². The molecular weight excluding hydrogens is 762 g/mol. The second-order valence-electron chi connectivity index (χ2n) is 13.7. The topological polar surface area (TPSA) is 200 Å². The summed E-state index contributed by atoms with van der Waals surface area (Å²) in [5.74, 6) is 0. The smallest absolute Gasteiger partial charge is 0.307 e. The molecule has 0 saturated carbocycles. The number of primary sulfonamides is 1. The Labute approximate surface area is 316 Å². The number of nitrogens with one attached hydrogen (secondary N) is 2. The zero-order chi connectivity index (χ0) is 39.5. The number of sulfonamides is 2. The van der Waals surface area contributed by atoms with E-state index in [9.17, 15) is 39.6 Å². The fraction of sp³-hybridized carbons (Fsp3) is 0.444. The van der Waals surface area contributed by atoms with Crippen LogP contribution in [0.3, 0.4) is 0 Å². The Hall–Kier alpha value is -4.84. The van der Waals surface area contributed by atoms with E-state index in [0.717, 1.165) is 93.3 Å². The minimum absolute atomic E-state index is 0.0839. The number of nitrogens with zero attached hydrogens (tertiary/aromatic N) is 5. The predicted molar refractivity (Wildman–Crippen MR) is 196 cm³/mol. The molecule has 2 amide bonds. The Bertz CT molecular complexity index is 2320. The van der Waals surface area contributed by atoms with Gasteiger partial charge in [0, 0.05) is 24.6 Å². The number of halogens is 3. The highest BCUT2D eigenvalue weighted by Crippen LogP contribution is 2.40. The van der Waals surface area contributed by atoms with Gasteiger partial charge in [-0.05, 0) is 141 Å². The number of carbonyl (C=O) groups is 1. The van der Waals surface area contributed by atoms with Crippen molar-refractivity contribution in [1.82, 2.24) is 24.3 Å². The highest BCUT2D eigenvalue weighted by molar-refractivity contribution is 7.90. The normalized spacial score (nSPS) is 15.4. The van der Waals surface area contributed by atoms with Crippen molar-refractivity contribution in [3.05, 3.63) is 81.2 Å². The average molecular weight is 803 g/mol. The maximum Gasteiger partial charge on any atom is 0.408 e. The standard InChI is InChI=1S/C18H19F3N4O3S.C13H13NO.C5H9N3O2S/c19-18(20,21)10-25-8-7-15(23-25)29(27,28)24-17(26)22-16-13-5-1-3-11(13)9-12-4-2-6-14(12)16;15-8-14-13-11-5-1-3-9(11)7-10-4-2-6-12(10)13;1-2-8-4-3-5(7-8)11(6,9)10/h7-9H,1-6,10H2,(H2,22,24,26);7H,1-6H2;3-4H,2H2,1H3,(H2,6,9,10). The van der Waals surface area contributed by atoms with Crippen molar-refractivity contribution in [3.63, 3.8) is 0 Å². The van der Waals surface area contributed by atoms with Crippen LogP contribution in [-0.2, 0) is 89.3 Å². The van der Waals surface area contributed by atoms with Crippen LogP contribution in [0.5, 0.6) is 0 Å². The molecule has 0 aliphatic heterocycles. The Morgan fingerprint density at radius 1 is 0.800 bits per heavy atom. The first-order valence-electron chi connectivity index (χ1n) is 18.0. The fourth-order valence-electron chi connectivity index (χ4n) is 7.68. The van der Waals surface area contributed by atoms with Gasteiger partial charge in [0.1, 0.15) is 6.54 Å². The Morgan fingerprint density at radius 2 is 1.27 bits per heavy atom. The van der Waals surface area contributed by atoms with Crippen LogP contribution in [0.15, 0.2) is 51.7 Å². The number of urea groups is 1. The van der Waals surface area contributed by atoms with E-state index in [0.29, 0.717) is 16.9 Å². The third kappa shape index (κ3) is 9.35. The van der Waals surface area contributed by atoms with Crippen molar-refractivity contribution in [1.29, 1.82) is 0 Å². The zero-order valence-corrected chi connectivity index (χ0v) is 31.7. The molecule has 2 aromatic heterocycles. The van der Waals surface area contributed by atoms with Crippen molar-refractivity contribution >= 4 is 43.5 Å². The molecule has 0 unspecified atom stereocenters. The molecule has 19 heteroatoms. The molecule has 55 heavy (non-hydrogen) atoms. The van der Waals surface area contributed by atoms with Gasteiger partial charge in [-0.25, -0.2) is 27.9 Å². The molecule has 0 bridgehead atoms. The summed E-state index contributed by atoms with van der Waals surface area (Å²) in [6.45, 7) is 1.08. The molecule has 4 aromatic rings. The summed E-state index contributed by atoms with van der Waals surface area (Å²) in [7, 11) is -8.03. The van der Waals surface area contributed by atoms with E-state index in [2.05, 4.69) is 32.6 Å². The summed E-state index contributed by atoms with van der Waals surface area (Å²) in [5.41, 5.74) is 11.5. The molecule has 0 radical (unpaired) electrons. The molecular formula is C36H41F3N8O6S2. The molecule has 2 aromatic carbocycles. The number of aryl methyl sites for hydroxylation is 5. The Morgan fingerprint density at radius 3 is 1.73 bits per heavy atom.